The Bertz CT molecular complexity index is 566. The van der Waals surface area contributed by atoms with Gasteiger partial charge in [0.2, 0.25) is 0 Å². The van der Waals surface area contributed by atoms with E-state index < -0.39 is 0 Å². The molecule has 4 N–H and O–H groups in total. The van der Waals surface area contributed by atoms with E-state index in [-0.39, 0.29) is 5.91 Å². The summed E-state index contributed by atoms with van der Waals surface area (Å²) in [5, 5.41) is 2.78. The number of hydrogen-bond donors (Lipinski definition) is 3. The predicted molar refractivity (Wildman–Crippen MR) is 75.0 cm³/mol. The molecule has 6 heteroatoms. The maximum atomic E-state index is 11.9. The van der Waals surface area contributed by atoms with Crippen molar-refractivity contribution in [3.05, 3.63) is 45.1 Å². The van der Waals surface area contributed by atoms with Gasteiger partial charge < -0.3 is 16.0 Å². The Labute approximate surface area is 115 Å². The van der Waals surface area contributed by atoms with Crippen LogP contribution in [0.1, 0.15) is 10.5 Å². The van der Waals surface area contributed by atoms with Crippen LogP contribution in [0.3, 0.4) is 0 Å². The molecule has 0 unspecified atom stereocenters. The minimum atomic E-state index is -0.236. The molecule has 17 heavy (non-hydrogen) atoms. The number of nitrogens with two attached hydrogens (primary N) is 1. The highest BCUT2D eigenvalue weighted by molar-refractivity contribution is 9.11. The van der Waals surface area contributed by atoms with Crippen LogP contribution < -0.4 is 11.1 Å². The molecule has 1 amide bonds. The number of amides is 1. The molecule has 1 aromatic carbocycles. The Hall–Kier alpha value is -1.27. The lowest BCUT2D eigenvalue weighted by molar-refractivity contribution is 0.102. The van der Waals surface area contributed by atoms with Crippen molar-refractivity contribution in [1.29, 1.82) is 0 Å². The van der Waals surface area contributed by atoms with Gasteiger partial charge in [-0.2, -0.15) is 0 Å². The lowest BCUT2D eigenvalue weighted by atomic mass is 10.3. The Morgan fingerprint density at radius 3 is 2.71 bits per heavy atom. The molecule has 0 aliphatic rings. The summed E-state index contributed by atoms with van der Waals surface area (Å²) in [7, 11) is 0. The predicted octanol–water partition coefficient (Wildman–Crippen LogP) is 3.37. The highest BCUT2D eigenvalue weighted by Gasteiger charge is 2.10. The Balaban J connectivity index is 2.21. The zero-order valence-electron chi connectivity index (χ0n) is 8.63. The number of hydrogen-bond acceptors (Lipinski definition) is 2. The number of benzene rings is 1. The molecule has 0 radical (unpaired) electrons. The van der Waals surface area contributed by atoms with Crippen LogP contribution in [0.4, 0.5) is 11.4 Å². The number of aromatic amines is 1. The maximum absolute atomic E-state index is 11.9. The van der Waals surface area contributed by atoms with E-state index in [4.69, 9.17) is 5.73 Å². The summed E-state index contributed by atoms with van der Waals surface area (Å²) in [5.41, 5.74) is 7.18. The molecule has 1 aromatic heterocycles. The molecule has 0 atom stereocenters. The quantitative estimate of drug-likeness (QED) is 0.770. The van der Waals surface area contributed by atoms with Gasteiger partial charge in [-0.15, -0.1) is 0 Å². The van der Waals surface area contributed by atoms with Crippen LogP contribution >= 0.6 is 31.9 Å². The molecule has 0 aliphatic heterocycles. The van der Waals surface area contributed by atoms with E-state index in [9.17, 15) is 4.79 Å². The fraction of sp³-hybridized carbons (Fsp3) is 0. The molecule has 2 aromatic rings. The van der Waals surface area contributed by atoms with Crippen LogP contribution in [-0.4, -0.2) is 10.9 Å². The first-order chi connectivity index (χ1) is 8.06. The van der Waals surface area contributed by atoms with Gasteiger partial charge in [0, 0.05) is 20.8 Å². The highest BCUT2D eigenvalue weighted by Crippen LogP contribution is 2.26. The first kappa shape index (κ1) is 12.2. The van der Waals surface area contributed by atoms with Gasteiger partial charge in [-0.1, -0.05) is 15.9 Å². The SMILES string of the molecule is Nc1c[nH]c(C(=O)Nc2cc(Br)ccc2Br)c1. The van der Waals surface area contributed by atoms with Crippen LogP contribution in [0.15, 0.2) is 39.4 Å². The number of nitrogens with one attached hydrogen (secondary N) is 2. The molecule has 0 saturated heterocycles. The van der Waals surface area contributed by atoms with Gasteiger partial charge in [-0.3, -0.25) is 4.79 Å². The van der Waals surface area contributed by atoms with Gasteiger partial charge in [-0.25, -0.2) is 0 Å². The van der Waals surface area contributed by atoms with Crippen LogP contribution in [0, 0.1) is 0 Å². The van der Waals surface area contributed by atoms with E-state index in [1.807, 2.05) is 18.2 Å². The molecular weight excluding hydrogens is 350 g/mol. The van der Waals surface area contributed by atoms with Crippen LogP contribution in [0.5, 0.6) is 0 Å². The monoisotopic (exact) mass is 357 g/mol. The van der Waals surface area contributed by atoms with E-state index in [0.29, 0.717) is 17.1 Å². The molecule has 2 rings (SSSR count). The maximum Gasteiger partial charge on any atom is 0.272 e. The van der Waals surface area contributed by atoms with Gasteiger partial charge in [0.15, 0.2) is 0 Å². The third kappa shape index (κ3) is 2.89. The summed E-state index contributed by atoms with van der Waals surface area (Å²) in [6, 6.07) is 7.13. The topological polar surface area (TPSA) is 70.9 Å². The van der Waals surface area contributed by atoms with Crippen molar-refractivity contribution in [3.63, 3.8) is 0 Å². The largest absolute Gasteiger partial charge is 0.397 e. The number of carbonyl (C=O) groups is 1. The number of aromatic nitrogens is 1. The van der Waals surface area contributed by atoms with E-state index in [1.54, 1.807) is 12.3 Å². The third-order valence-electron chi connectivity index (χ3n) is 2.13. The van der Waals surface area contributed by atoms with Crippen molar-refractivity contribution < 1.29 is 4.79 Å². The summed E-state index contributed by atoms with van der Waals surface area (Å²) in [6.07, 6.45) is 1.57. The molecule has 0 bridgehead atoms. The average Bonchev–Trinajstić information content (AvgIpc) is 2.70. The minimum absolute atomic E-state index is 0.236. The smallest absolute Gasteiger partial charge is 0.272 e. The normalized spacial score (nSPS) is 10.2. The first-order valence-corrected chi connectivity index (χ1v) is 6.35. The Morgan fingerprint density at radius 1 is 1.29 bits per heavy atom. The Morgan fingerprint density at radius 2 is 2.06 bits per heavy atom. The number of rotatable bonds is 2. The minimum Gasteiger partial charge on any atom is -0.397 e. The van der Waals surface area contributed by atoms with Crippen LogP contribution in [0.25, 0.3) is 0 Å². The zero-order valence-corrected chi connectivity index (χ0v) is 11.8. The van der Waals surface area contributed by atoms with Crippen molar-refractivity contribution in [2.75, 3.05) is 11.1 Å². The van der Waals surface area contributed by atoms with Gasteiger partial charge in [0.25, 0.3) is 5.91 Å². The van der Waals surface area contributed by atoms with Crippen molar-refractivity contribution in [2.24, 2.45) is 0 Å². The highest BCUT2D eigenvalue weighted by atomic mass is 79.9. The standard InChI is InChI=1S/C11H9Br2N3O/c12-6-1-2-8(13)9(3-6)16-11(17)10-4-7(14)5-15-10/h1-5,15H,14H2,(H,16,17). The van der Waals surface area contributed by atoms with Crippen molar-refractivity contribution in [3.8, 4) is 0 Å². The number of carbonyl (C=O) groups excluding carboxylic acids is 1. The van der Waals surface area contributed by atoms with Crippen molar-refractivity contribution in [2.45, 2.75) is 0 Å². The molecular formula is C11H9Br2N3O. The summed E-state index contributed by atoms with van der Waals surface area (Å²) in [6.45, 7) is 0. The van der Waals surface area contributed by atoms with E-state index in [1.165, 1.54) is 0 Å². The zero-order chi connectivity index (χ0) is 12.4. The fourth-order valence-corrected chi connectivity index (χ4v) is 2.03. The summed E-state index contributed by atoms with van der Waals surface area (Å²) in [4.78, 5) is 14.7. The van der Waals surface area contributed by atoms with Gasteiger partial charge in [0.1, 0.15) is 5.69 Å². The van der Waals surface area contributed by atoms with E-state index in [2.05, 4.69) is 42.2 Å². The molecule has 1 heterocycles. The molecule has 0 aliphatic carbocycles. The number of anilines is 2. The third-order valence-corrected chi connectivity index (χ3v) is 3.31. The van der Waals surface area contributed by atoms with Gasteiger partial charge >= 0.3 is 0 Å². The summed E-state index contributed by atoms with van der Waals surface area (Å²) in [5.74, 6) is -0.236. The molecule has 0 spiro atoms. The first-order valence-electron chi connectivity index (χ1n) is 4.76. The summed E-state index contributed by atoms with van der Waals surface area (Å²) >= 11 is 6.71. The van der Waals surface area contributed by atoms with Crippen LogP contribution in [0.2, 0.25) is 0 Å². The second-order valence-corrected chi connectivity index (χ2v) is 5.19. The lowest BCUT2D eigenvalue weighted by Gasteiger charge is -2.06. The van der Waals surface area contributed by atoms with E-state index >= 15 is 0 Å². The van der Waals surface area contributed by atoms with Crippen LogP contribution in [-0.2, 0) is 0 Å². The number of nitrogen functional groups attached to an aromatic ring is 1. The van der Waals surface area contributed by atoms with Crippen molar-refractivity contribution >= 4 is 49.1 Å². The van der Waals surface area contributed by atoms with Crippen molar-refractivity contribution in [1.82, 2.24) is 4.98 Å². The fourth-order valence-electron chi connectivity index (χ4n) is 1.33. The average molecular weight is 359 g/mol. The second kappa shape index (κ2) is 4.93. The lowest BCUT2D eigenvalue weighted by Crippen LogP contribution is -2.12. The number of H-pyrrole nitrogens is 1. The number of halogens is 2. The Kier molecular flexibility index (Phi) is 3.54. The molecule has 0 fully saturated rings. The van der Waals surface area contributed by atoms with Gasteiger partial charge in [0.05, 0.1) is 5.69 Å². The second-order valence-electron chi connectivity index (χ2n) is 3.42. The molecule has 0 saturated carbocycles. The van der Waals surface area contributed by atoms with Gasteiger partial charge in [-0.05, 0) is 40.2 Å². The molecule has 4 nitrogen and oxygen atoms in total. The molecule has 88 valence electrons. The van der Waals surface area contributed by atoms with E-state index in [0.717, 1.165) is 8.95 Å². The summed E-state index contributed by atoms with van der Waals surface area (Å²) < 4.78 is 1.70.